The third kappa shape index (κ3) is 1.92. The zero-order valence-corrected chi connectivity index (χ0v) is 9.08. The van der Waals surface area contributed by atoms with Gasteiger partial charge in [-0.25, -0.2) is 0 Å². The Morgan fingerprint density at radius 2 is 1.85 bits per heavy atom. The van der Waals surface area contributed by atoms with Crippen LogP contribution in [0.3, 0.4) is 0 Å². The zero-order valence-electron chi connectivity index (χ0n) is 7.50. The lowest BCUT2D eigenvalue weighted by Gasteiger charge is -2.04. The zero-order chi connectivity index (χ0) is 9.26. The van der Waals surface area contributed by atoms with E-state index in [2.05, 4.69) is 65.3 Å². The van der Waals surface area contributed by atoms with Crippen LogP contribution in [-0.2, 0) is 0 Å². The number of benzene rings is 1. The molecule has 0 bridgehead atoms. The Bertz CT molecular complexity index is 357. The molecular formula is C12H11Br. The SMILES string of the molecule is CC1=CC(c2ccc(Br)cc2)C=C1. The Balaban J connectivity index is 2.28. The van der Waals surface area contributed by atoms with E-state index in [-0.39, 0.29) is 0 Å². The van der Waals surface area contributed by atoms with Crippen molar-refractivity contribution in [3.05, 3.63) is 58.1 Å². The minimum Gasteiger partial charge on any atom is -0.0730 e. The molecule has 0 heterocycles. The normalized spacial score (nSPS) is 20.5. The van der Waals surface area contributed by atoms with Gasteiger partial charge in [0.15, 0.2) is 0 Å². The molecule has 66 valence electrons. The van der Waals surface area contributed by atoms with Crippen LogP contribution in [0.15, 0.2) is 52.5 Å². The highest BCUT2D eigenvalue weighted by atomic mass is 79.9. The molecule has 0 fully saturated rings. The summed E-state index contributed by atoms with van der Waals surface area (Å²) in [6.45, 7) is 2.13. The molecule has 0 saturated heterocycles. The average molecular weight is 235 g/mol. The van der Waals surface area contributed by atoms with Crippen LogP contribution in [0.5, 0.6) is 0 Å². The number of hydrogen-bond donors (Lipinski definition) is 0. The maximum absolute atomic E-state index is 3.43. The van der Waals surface area contributed by atoms with Crippen LogP contribution in [0.25, 0.3) is 0 Å². The molecule has 0 aromatic heterocycles. The molecule has 0 nitrogen and oxygen atoms in total. The van der Waals surface area contributed by atoms with Crippen LogP contribution in [0.1, 0.15) is 18.4 Å². The topological polar surface area (TPSA) is 0 Å². The summed E-state index contributed by atoms with van der Waals surface area (Å²) in [5.74, 6) is 0.480. The van der Waals surface area contributed by atoms with E-state index in [0.29, 0.717) is 5.92 Å². The van der Waals surface area contributed by atoms with Gasteiger partial charge < -0.3 is 0 Å². The lowest BCUT2D eigenvalue weighted by molar-refractivity contribution is 1.10. The van der Waals surface area contributed by atoms with Crippen molar-refractivity contribution in [2.75, 3.05) is 0 Å². The Morgan fingerprint density at radius 3 is 2.38 bits per heavy atom. The molecule has 1 unspecified atom stereocenters. The van der Waals surface area contributed by atoms with E-state index in [1.807, 2.05) is 0 Å². The molecule has 1 aromatic carbocycles. The molecule has 1 atom stereocenters. The molecule has 1 aromatic rings. The third-order valence-corrected chi connectivity index (χ3v) is 2.79. The van der Waals surface area contributed by atoms with Gasteiger partial charge in [0, 0.05) is 10.4 Å². The van der Waals surface area contributed by atoms with Gasteiger partial charge >= 0.3 is 0 Å². The molecule has 0 N–H and O–H groups in total. The van der Waals surface area contributed by atoms with E-state index < -0.39 is 0 Å². The summed E-state index contributed by atoms with van der Waals surface area (Å²) in [7, 11) is 0. The predicted octanol–water partition coefficient (Wildman–Crippen LogP) is 4.05. The predicted molar refractivity (Wildman–Crippen MR) is 59.8 cm³/mol. The summed E-state index contributed by atoms with van der Waals surface area (Å²) in [6.07, 6.45) is 6.69. The minimum atomic E-state index is 0.480. The van der Waals surface area contributed by atoms with Crippen LogP contribution in [0.2, 0.25) is 0 Å². The van der Waals surface area contributed by atoms with Crippen LogP contribution < -0.4 is 0 Å². The summed E-state index contributed by atoms with van der Waals surface area (Å²) < 4.78 is 1.14. The fraction of sp³-hybridized carbons (Fsp3) is 0.167. The van der Waals surface area contributed by atoms with Gasteiger partial charge in [0.05, 0.1) is 0 Å². The molecule has 0 amide bonds. The fourth-order valence-corrected chi connectivity index (χ4v) is 1.81. The quantitative estimate of drug-likeness (QED) is 0.688. The molecular weight excluding hydrogens is 224 g/mol. The fourth-order valence-electron chi connectivity index (χ4n) is 1.54. The standard InChI is InChI=1S/C12H11Br/c1-9-2-3-11(8-9)10-4-6-12(13)7-5-10/h2-8,11H,1H3. The first-order valence-electron chi connectivity index (χ1n) is 4.38. The van der Waals surface area contributed by atoms with Crippen LogP contribution in [0, 0.1) is 0 Å². The maximum atomic E-state index is 3.43. The minimum absolute atomic E-state index is 0.480. The third-order valence-electron chi connectivity index (χ3n) is 2.26. The largest absolute Gasteiger partial charge is 0.0730 e. The number of halogens is 1. The van der Waals surface area contributed by atoms with Crippen molar-refractivity contribution in [3.8, 4) is 0 Å². The van der Waals surface area contributed by atoms with Crippen LogP contribution in [0.4, 0.5) is 0 Å². The second-order valence-corrected chi connectivity index (χ2v) is 4.26. The van der Waals surface area contributed by atoms with Crippen molar-refractivity contribution in [2.45, 2.75) is 12.8 Å². The van der Waals surface area contributed by atoms with E-state index in [1.54, 1.807) is 0 Å². The van der Waals surface area contributed by atoms with Crippen molar-refractivity contribution >= 4 is 15.9 Å². The molecule has 1 heteroatoms. The second kappa shape index (κ2) is 3.51. The van der Waals surface area contributed by atoms with Crippen molar-refractivity contribution < 1.29 is 0 Å². The van der Waals surface area contributed by atoms with E-state index in [4.69, 9.17) is 0 Å². The van der Waals surface area contributed by atoms with Crippen molar-refractivity contribution in [2.24, 2.45) is 0 Å². The Hall–Kier alpha value is -0.820. The van der Waals surface area contributed by atoms with Crippen molar-refractivity contribution in [1.82, 2.24) is 0 Å². The summed E-state index contributed by atoms with van der Waals surface area (Å²) >= 11 is 3.43. The summed E-state index contributed by atoms with van der Waals surface area (Å²) in [5, 5.41) is 0. The number of allylic oxidation sites excluding steroid dienone is 4. The first-order valence-corrected chi connectivity index (χ1v) is 5.17. The summed E-state index contributed by atoms with van der Waals surface area (Å²) in [4.78, 5) is 0. The summed E-state index contributed by atoms with van der Waals surface area (Å²) in [5.41, 5.74) is 2.71. The van der Waals surface area contributed by atoms with Crippen molar-refractivity contribution in [3.63, 3.8) is 0 Å². The van der Waals surface area contributed by atoms with Crippen LogP contribution in [-0.4, -0.2) is 0 Å². The van der Waals surface area contributed by atoms with Gasteiger partial charge in [-0.3, -0.25) is 0 Å². The molecule has 1 aliphatic rings. The smallest absolute Gasteiger partial charge is 0.0207 e. The first kappa shape index (κ1) is 8.76. The Kier molecular flexibility index (Phi) is 2.36. The highest BCUT2D eigenvalue weighted by Crippen LogP contribution is 2.26. The molecule has 0 radical (unpaired) electrons. The average Bonchev–Trinajstić information content (AvgIpc) is 2.53. The molecule has 13 heavy (non-hydrogen) atoms. The lowest BCUT2D eigenvalue weighted by atomic mass is 10.0. The molecule has 0 saturated carbocycles. The monoisotopic (exact) mass is 234 g/mol. The van der Waals surface area contributed by atoms with Gasteiger partial charge in [-0.05, 0) is 24.6 Å². The summed E-state index contributed by atoms with van der Waals surface area (Å²) in [6, 6.07) is 8.50. The lowest BCUT2D eigenvalue weighted by Crippen LogP contribution is -1.87. The molecule has 1 aliphatic carbocycles. The van der Waals surface area contributed by atoms with Gasteiger partial charge in [0.2, 0.25) is 0 Å². The van der Waals surface area contributed by atoms with Gasteiger partial charge in [-0.2, -0.15) is 0 Å². The van der Waals surface area contributed by atoms with Crippen molar-refractivity contribution in [1.29, 1.82) is 0 Å². The van der Waals surface area contributed by atoms with E-state index >= 15 is 0 Å². The van der Waals surface area contributed by atoms with E-state index in [9.17, 15) is 0 Å². The molecule has 2 rings (SSSR count). The van der Waals surface area contributed by atoms with E-state index in [1.165, 1.54) is 11.1 Å². The number of hydrogen-bond acceptors (Lipinski definition) is 0. The Morgan fingerprint density at radius 1 is 1.15 bits per heavy atom. The van der Waals surface area contributed by atoms with E-state index in [0.717, 1.165) is 4.47 Å². The second-order valence-electron chi connectivity index (χ2n) is 3.35. The van der Waals surface area contributed by atoms with Crippen LogP contribution >= 0.6 is 15.9 Å². The van der Waals surface area contributed by atoms with Gasteiger partial charge in [0.25, 0.3) is 0 Å². The van der Waals surface area contributed by atoms with Gasteiger partial charge in [0.1, 0.15) is 0 Å². The first-order chi connectivity index (χ1) is 6.25. The maximum Gasteiger partial charge on any atom is 0.0207 e. The Labute approximate surface area is 87.1 Å². The van der Waals surface area contributed by atoms with Gasteiger partial charge in [-0.15, -0.1) is 0 Å². The number of rotatable bonds is 1. The highest BCUT2D eigenvalue weighted by Gasteiger charge is 2.08. The molecule has 0 spiro atoms. The molecule has 0 aliphatic heterocycles. The van der Waals surface area contributed by atoms with Gasteiger partial charge in [-0.1, -0.05) is 51.9 Å². The highest BCUT2D eigenvalue weighted by molar-refractivity contribution is 9.10.